The first-order chi connectivity index (χ1) is 13.1. The van der Waals surface area contributed by atoms with Gasteiger partial charge in [0.2, 0.25) is 5.95 Å². The molecule has 3 rings (SSSR count). The van der Waals surface area contributed by atoms with Crippen LogP contribution >= 0.6 is 0 Å². The van der Waals surface area contributed by atoms with Crippen LogP contribution in [-0.4, -0.2) is 55.4 Å². The molecule has 8 heteroatoms. The van der Waals surface area contributed by atoms with Crippen molar-refractivity contribution in [2.24, 2.45) is 0 Å². The van der Waals surface area contributed by atoms with E-state index in [0.29, 0.717) is 32.3 Å². The van der Waals surface area contributed by atoms with Crippen LogP contribution in [0.5, 0.6) is 0 Å². The summed E-state index contributed by atoms with van der Waals surface area (Å²) in [6.07, 6.45) is 0. The molecule has 1 fully saturated rings. The molecule has 0 bridgehead atoms. The lowest BCUT2D eigenvalue weighted by Gasteiger charge is -2.28. The Morgan fingerprint density at radius 1 is 1.15 bits per heavy atom. The number of hydrogen-bond acceptors (Lipinski definition) is 6. The van der Waals surface area contributed by atoms with Gasteiger partial charge in [-0.1, -0.05) is 18.2 Å². The van der Waals surface area contributed by atoms with Crippen LogP contribution in [0.25, 0.3) is 0 Å². The van der Waals surface area contributed by atoms with Crippen LogP contribution in [0.1, 0.15) is 11.3 Å². The molecule has 144 valence electrons. The summed E-state index contributed by atoms with van der Waals surface area (Å²) in [6.45, 7) is 7.99. The lowest BCUT2D eigenvalue weighted by Crippen LogP contribution is -2.37. The SMILES string of the molecule is Cc1cc(N2CCOCC2)nc(NCCNC(=O)Nc2ccccc2C)n1. The van der Waals surface area contributed by atoms with Crippen molar-refractivity contribution in [1.29, 1.82) is 0 Å². The summed E-state index contributed by atoms with van der Waals surface area (Å²) < 4.78 is 5.39. The number of carbonyl (C=O) groups excluding carboxylic acids is 1. The monoisotopic (exact) mass is 370 g/mol. The molecule has 1 saturated heterocycles. The van der Waals surface area contributed by atoms with Crippen LogP contribution in [0, 0.1) is 13.8 Å². The van der Waals surface area contributed by atoms with Gasteiger partial charge < -0.3 is 25.6 Å². The molecule has 0 spiro atoms. The average molecular weight is 370 g/mol. The minimum atomic E-state index is -0.231. The van der Waals surface area contributed by atoms with Crippen LogP contribution in [0.15, 0.2) is 30.3 Å². The van der Waals surface area contributed by atoms with Gasteiger partial charge in [-0.2, -0.15) is 4.98 Å². The first-order valence-corrected chi connectivity index (χ1v) is 9.14. The minimum Gasteiger partial charge on any atom is -0.378 e. The Morgan fingerprint density at radius 2 is 1.93 bits per heavy atom. The van der Waals surface area contributed by atoms with Gasteiger partial charge in [0.05, 0.1) is 13.2 Å². The lowest BCUT2D eigenvalue weighted by atomic mass is 10.2. The largest absolute Gasteiger partial charge is 0.378 e. The molecule has 1 aromatic heterocycles. The minimum absolute atomic E-state index is 0.231. The van der Waals surface area contributed by atoms with Crippen molar-refractivity contribution in [2.45, 2.75) is 13.8 Å². The molecule has 1 aliphatic heterocycles. The van der Waals surface area contributed by atoms with Crippen molar-refractivity contribution >= 4 is 23.5 Å². The maximum absolute atomic E-state index is 12.0. The number of rotatable bonds is 6. The fraction of sp³-hybridized carbons (Fsp3) is 0.421. The molecule has 27 heavy (non-hydrogen) atoms. The maximum Gasteiger partial charge on any atom is 0.319 e. The fourth-order valence-electron chi connectivity index (χ4n) is 2.82. The second-order valence-corrected chi connectivity index (χ2v) is 6.41. The first-order valence-electron chi connectivity index (χ1n) is 9.14. The number of morpholine rings is 1. The average Bonchev–Trinajstić information content (AvgIpc) is 2.67. The standard InChI is InChI=1S/C19H26N6O2/c1-14-5-3-4-6-16(14)23-19(26)21-8-7-20-18-22-15(2)13-17(24-18)25-9-11-27-12-10-25/h3-6,13H,7-12H2,1-2H3,(H,20,22,24)(H2,21,23,26). The van der Waals surface area contributed by atoms with E-state index in [-0.39, 0.29) is 6.03 Å². The summed E-state index contributed by atoms with van der Waals surface area (Å²) in [7, 11) is 0. The molecule has 1 aliphatic rings. The molecule has 0 saturated carbocycles. The van der Waals surface area contributed by atoms with Gasteiger partial charge in [0, 0.05) is 43.6 Å². The summed E-state index contributed by atoms with van der Waals surface area (Å²) in [6, 6.07) is 9.41. The van der Waals surface area contributed by atoms with Crippen molar-refractivity contribution < 1.29 is 9.53 Å². The molecule has 2 amide bonds. The van der Waals surface area contributed by atoms with E-state index in [1.807, 2.05) is 44.2 Å². The van der Waals surface area contributed by atoms with E-state index in [1.165, 1.54) is 0 Å². The van der Waals surface area contributed by atoms with E-state index < -0.39 is 0 Å². The van der Waals surface area contributed by atoms with Gasteiger partial charge in [0.1, 0.15) is 5.82 Å². The summed E-state index contributed by atoms with van der Waals surface area (Å²) in [5.41, 5.74) is 2.73. The zero-order chi connectivity index (χ0) is 19.1. The molecule has 2 aromatic rings. The number of benzene rings is 1. The second-order valence-electron chi connectivity index (χ2n) is 6.41. The highest BCUT2D eigenvalue weighted by Crippen LogP contribution is 2.16. The van der Waals surface area contributed by atoms with E-state index in [1.54, 1.807) is 0 Å². The maximum atomic E-state index is 12.0. The van der Waals surface area contributed by atoms with Crippen molar-refractivity contribution in [3.63, 3.8) is 0 Å². The molecule has 0 unspecified atom stereocenters. The number of amides is 2. The third kappa shape index (κ3) is 5.55. The van der Waals surface area contributed by atoms with Gasteiger partial charge in [0.15, 0.2) is 0 Å². The van der Waals surface area contributed by atoms with Gasteiger partial charge in [-0.05, 0) is 25.5 Å². The number of carbonyl (C=O) groups is 1. The zero-order valence-electron chi connectivity index (χ0n) is 15.8. The lowest BCUT2D eigenvalue weighted by molar-refractivity contribution is 0.122. The Bertz CT molecular complexity index is 777. The summed E-state index contributed by atoms with van der Waals surface area (Å²) in [5, 5.41) is 8.84. The predicted octanol–water partition coefficient (Wildman–Crippen LogP) is 2.16. The highest BCUT2D eigenvalue weighted by molar-refractivity contribution is 5.90. The highest BCUT2D eigenvalue weighted by atomic mass is 16.5. The zero-order valence-corrected chi connectivity index (χ0v) is 15.8. The number of hydrogen-bond donors (Lipinski definition) is 3. The Hall–Kier alpha value is -2.87. The molecule has 0 aliphatic carbocycles. The Balaban J connectivity index is 1.46. The van der Waals surface area contributed by atoms with E-state index in [4.69, 9.17) is 4.74 Å². The number of aromatic nitrogens is 2. The van der Waals surface area contributed by atoms with Crippen molar-refractivity contribution in [3.8, 4) is 0 Å². The smallest absolute Gasteiger partial charge is 0.319 e. The molecule has 0 atom stereocenters. The topological polar surface area (TPSA) is 91.4 Å². The number of nitrogens with one attached hydrogen (secondary N) is 3. The number of ether oxygens (including phenoxy) is 1. The van der Waals surface area contributed by atoms with Gasteiger partial charge in [-0.15, -0.1) is 0 Å². The number of anilines is 3. The van der Waals surface area contributed by atoms with Gasteiger partial charge in [-0.25, -0.2) is 9.78 Å². The number of aryl methyl sites for hydroxylation is 2. The van der Waals surface area contributed by atoms with Crippen LogP contribution in [0.2, 0.25) is 0 Å². The molecular formula is C19H26N6O2. The van der Waals surface area contributed by atoms with Crippen LogP contribution in [-0.2, 0) is 4.74 Å². The molecule has 2 heterocycles. The van der Waals surface area contributed by atoms with E-state index in [9.17, 15) is 4.79 Å². The second kappa shape index (κ2) is 9.18. The molecule has 1 aromatic carbocycles. The Morgan fingerprint density at radius 3 is 2.70 bits per heavy atom. The first kappa shape index (κ1) is 18.9. The van der Waals surface area contributed by atoms with Crippen LogP contribution in [0.4, 0.5) is 22.2 Å². The van der Waals surface area contributed by atoms with Crippen LogP contribution < -0.4 is 20.9 Å². The third-order valence-corrected chi connectivity index (χ3v) is 4.26. The Kier molecular flexibility index (Phi) is 6.43. The molecule has 8 nitrogen and oxygen atoms in total. The molecule has 3 N–H and O–H groups in total. The Labute approximate surface area is 159 Å². The van der Waals surface area contributed by atoms with E-state index in [0.717, 1.165) is 35.9 Å². The third-order valence-electron chi connectivity index (χ3n) is 4.26. The van der Waals surface area contributed by atoms with Crippen molar-refractivity contribution in [1.82, 2.24) is 15.3 Å². The van der Waals surface area contributed by atoms with Crippen LogP contribution in [0.3, 0.4) is 0 Å². The molecule has 0 radical (unpaired) electrons. The number of para-hydroxylation sites is 1. The van der Waals surface area contributed by atoms with Crippen molar-refractivity contribution in [3.05, 3.63) is 41.6 Å². The van der Waals surface area contributed by atoms with Gasteiger partial charge >= 0.3 is 6.03 Å². The van der Waals surface area contributed by atoms with E-state index in [2.05, 4.69) is 30.8 Å². The van der Waals surface area contributed by atoms with Crippen molar-refractivity contribution in [2.75, 3.05) is 54.9 Å². The predicted molar refractivity (Wildman–Crippen MR) is 106 cm³/mol. The van der Waals surface area contributed by atoms with E-state index >= 15 is 0 Å². The fourth-order valence-corrected chi connectivity index (χ4v) is 2.82. The summed E-state index contributed by atoms with van der Waals surface area (Å²) >= 11 is 0. The molecular weight excluding hydrogens is 344 g/mol. The highest BCUT2D eigenvalue weighted by Gasteiger charge is 2.14. The van der Waals surface area contributed by atoms with Gasteiger partial charge in [0.25, 0.3) is 0 Å². The quantitative estimate of drug-likeness (QED) is 0.675. The normalized spacial score (nSPS) is 13.9. The number of urea groups is 1. The summed E-state index contributed by atoms with van der Waals surface area (Å²) in [5.74, 6) is 1.47. The number of nitrogens with zero attached hydrogens (tertiary/aromatic N) is 3. The summed E-state index contributed by atoms with van der Waals surface area (Å²) in [4.78, 5) is 23.2. The van der Waals surface area contributed by atoms with Gasteiger partial charge in [-0.3, -0.25) is 0 Å².